The number of ketones is 1. The third kappa shape index (κ3) is 5.48. The molecule has 1 saturated heterocycles. The van der Waals surface area contributed by atoms with Crippen LogP contribution in [-0.4, -0.2) is 57.1 Å². The van der Waals surface area contributed by atoms with E-state index in [-0.39, 0.29) is 11.5 Å². The van der Waals surface area contributed by atoms with Gasteiger partial charge in [-0.05, 0) is 43.3 Å². The SMILES string of the molecule is COc1ccc(N2CC[NH+](CCCNc3ccc(C(C)=O)cc3[N+](=O)[O-])CC2)cc1. The molecule has 8 heteroatoms. The van der Waals surface area contributed by atoms with Crippen molar-refractivity contribution in [1.29, 1.82) is 0 Å². The lowest BCUT2D eigenvalue weighted by molar-refractivity contribution is -0.900. The molecule has 0 radical (unpaired) electrons. The number of methoxy groups -OCH3 is 1. The molecule has 1 aliphatic heterocycles. The van der Waals surface area contributed by atoms with Crippen LogP contribution in [0.15, 0.2) is 42.5 Å². The number of hydrogen-bond donors (Lipinski definition) is 2. The Bertz CT molecular complexity index is 877. The van der Waals surface area contributed by atoms with Crippen LogP contribution in [-0.2, 0) is 0 Å². The molecule has 0 aromatic heterocycles. The van der Waals surface area contributed by atoms with Gasteiger partial charge in [0.2, 0.25) is 0 Å². The van der Waals surface area contributed by atoms with Crippen molar-refractivity contribution in [2.75, 3.05) is 56.6 Å². The first-order chi connectivity index (χ1) is 14.5. The Morgan fingerprint density at radius 3 is 2.50 bits per heavy atom. The molecule has 0 bridgehead atoms. The number of carbonyl (C=O) groups excluding carboxylic acids is 1. The maximum Gasteiger partial charge on any atom is 0.293 e. The monoisotopic (exact) mass is 413 g/mol. The number of nitro benzene ring substituents is 1. The highest BCUT2D eigenvalue weighted by Gasteiger charge is 2.20. The number of hydrogen-bond acceptors (Lipinski definition) is 6. The van der Waals surface area contributed by atoms with Crippen LogP contribution in [0.1, 0.15) is 23.7 Å². The third-order valence-electron chi connectivity index (χ3n) is 5.53. The Kier molecular flexibility index (Phi) is 7.24. The number of anilines is 2. The van der Waals surface area contributed by atoms with E-state index < -0.39 is 4.92 Å². The van der Waals surface area contributed by atoms with E-state index in [1.54, 1.807) is 24.1 Å². The largest absolute Gasteiger partial charge is 0.497 e. The van der Waals surface area contributed by atoms with Gasteiger partial charge in [0.15, 0.2) is 5.78 Å². The Balaban J connectivity index is 1.43. The number of ether oxygens (including phenoxy) is 1. The molecule has 2 aromatic carbocycles. The minimum Gasteiger partial charge on any atom is -0.497 e. The van der Waals surface area contributed by atoms with E-state index in [0.29, 0.717) is 17.8 Å². The molecule has 2 aromatic rings. The van der Waals surface area contributed by atoms with Crippen LogP contribution >= 0.6 is 0 Å². The van der Waals surface area contributed by atoms with Gasteiger partial charge in [-0.2, -0.15) is 0 Å². The average Bonchev–Trinajstić information content (AvgIpc) is 2.77. The van der Waals surface area contributed by atoms with Crippen LogP contribution in [0.4, 0.5) is 17.1 Å². The number of rotatable bonds is 9. The van der Waals surface area contributed by atoms with Crippen LogP contribution in [0.3, 0.4) is 0 Å². The number of benzene rings is 2. The molecule has 160 valence electrons. The lowest BCUT2D eigenvalue weighted by Crippen LogP contribution is -3.14. The van der Waals surface area contributed by atoms with Crippen LogP contribution in [0.5, 0.6) is 5.75 Å². The lowest BCUT2D eigenvalue weighted by atomic mass is 10.1. The van der Waals surface area contributed by atoms with Crippen LogP contribution in [0.25, 0.3) is 0 Å². The smallest absolute Gasteiger partial charge is 0.293 e. The summed E-state index contributed by atoms with van der Waals surface area (Å²) in [5.74, 6) is 0.689. The molecule has 0 amide bonds. The molecule has 0 saturated carbocycles. The Hall–Kier alpha value is -3.13. The lowest BCUT2D eigenvalue weighted by Gasteiger charge is -2.33. The van der Waals surface area contributed by atoms with Crippen molar-refractivity contribution in [3.8, 4) is 5.75 Å². The van der Waals surface area contributed by atoms with Crippen LogP contribution in [0, 0.1) is 10.1 Å². The summed E-state index contributed by atoms with van der Waals surface area (Å²) in [5.41, 5.74) is 1.98. The highest BCUT2D eigenvalue weighted by atomic mass is 16.6. The molecule has 0 aliphatic carbocycles. The third-order valence-corrected chi connectivity index (χ3v) is 5.53. The van der Waals surface area contributed by atoms with Crippen molar-refractivity contribution in [2.24, 2.45) is 0 Å². The second kappa shape index (κ2) is 10.1. The summed E-state index contributed by atoms with van der Waals surface area (Å²) >= 11 is 0. The average molecular weight is 413 g/mol. The number of nitrogens with zero attached hydrogens (tertiary/aromatic N) is 2. The summed E-state index contributed by atoms with van der Waals surface area (Å²) in [5, 5.41) is 14.5. The minimum absolute atomic E-state index is 0.0526. The van der Waals surface area contributed by atoms with E-state index in [1.165, 1.54) is 18.7 Å². The fourth-order valence-electron chi connectivity index (χ4n) is 3.74. The first-order valence-corrected chi connectivity index (χ1v) is 10.2. The van der Waals surface area contributed by atoms with Crippen molar-refractivity contribution in [3.05, 3.63) is 58.1 Å². The maximum absolute atomic E-state index is 11.5. The predicted molar refractivity (Wildman–Crippen MR) is 117 cm³/mol. The molecule has 1 heterocycles. The van der Waals surface area contributed by atoms with Crippen molar-refractivity contribution < 1.29 is 19.4 Å². The van der Waals surface area contributed by atoms with Gasteiger partial charge in [-0.1, -0.05) is 0 Å². The van der Waals surface area contributed by atoms with Gasteiger partial charge < -0.3 is 19.9 Å². The molecule has 2 N–H and O–H groups in total. The Morgan fingerprint density at radius 1 is 1.20 bits per heavy atom. The zero-order valence-corrected chi connectivity index (χ0v) is 17.5. The molecular formula is C22H29N4O4+. The molecule has 8 nitrogen and oxygen atoms in total. The first-order valence-electron chi connectivity index (χ1n) is 10.2. The zero-order chi connectivity index (χ0) is 21.5. The van der Waals surface area contributed by atoms with Gasteiger partial charge >= 0.3 is 0 Å². The Morgan fingerprint density at radius 2 is 1.90 bits per heavy atom. The van der Waals surface area contributed by atoms with Gasteiger partial charge in [-0.25, -0.2) is 0 Å². The van der Waals surface area contributed by atoms with Crippen LogP contribution < -0.4 is 19.9 Å². The topological polar surface area (TPSA) is 89.2 Å². The standard InChI is InChI=1S/C22H28N4O4/c1-17(27)18-4-9-21(22(16-18)26(28)29)23-10-3-11-24-12-14-25(15-13-24)19-5-7-20(30-2)8-6-19/h4-9,16,23H,3,10-15H2,1-2H3/p+1. The quantitative estimate of drug-likeness (QED) is 0.283. The van der Waals surface area contributed by atoms with Crippen molar-refractivity contribution in [1.82, 2.24) is 0 Å². The number of nitro groups is 1. The highest BCUT2D eigenvalue weighted by molar-refractivity contribution is 5.95. The van der Waals surface area contributed by atoms with E-state index in [2.05, 4.69) is 22.3 Å². The van der Waals surface area contributed by atoms with Gasteiger partial charge in [0, 0.05) is 30.3 Å². The van der Waals surface area contributed by atoms with E-state index in [4.69, 9.17) is 4.74 Å². The van der Waals surface area contributed by atoms with Gasteiger partial charge in [-0.3, -0.25) is 14.9 Å². The zero-order valence-electron chi connectivity index (χ0n) is 17.5. The van der Waals surface area contributed by atoms with E-state index >= 15 is 0 Å². The molecule has 30 heavy (non-hydrogen) atoms. The fraction of sp³-hybridized carbons (Fsp3) is 0.409. The summed E-state index contributed by atoms with van der Waals surface area (Å²) in [7, 11) is 1.67. The van der Waals surface area contributed by atoms with Crippen LogP contribution in [0.2, 0.25) is 0 Å². The summed E-state index contributed by atoms with van der Waals surface area (Å²) < 4.78 is 5.22. The van der Waals surface area contributed by atoms with Crippen molar-refractivity contribution in [3.63, 3.8) is 0 Å². The van der Waals surface area contributed by atoms with E-state index in [9.17, 15) is 14.9 Å². The van der Waals surface area contributed by atoms with E-state index in [0.717, 1.165) is 44.9 Å². The first kappa shape index (κ1) is 21.6. The van der Waals surface area contributed by atoms with Gasteiger partial charge in [0.05, 0.1) is 44.8 Å². The van der Waals surface area contributed by atoms with Gasteiger partial charge in [0.1, 0.15) is 11.4 Å². The summed E-state index contributed by atoms with van der Waals surface area (Å²) in [4.78, 5) is 26.2. The molecule has 0 atom stereocenters. The fourth-order valence-corrected chi connectivity index (χ4v) is 3.74. The Labute approximate surface area is 176 Å². The minimum atomic E-state index is -0.446. The number of piperazine rings is 1. The predicted octanol–water partition coefficient (Wildman–Crippen LogP) is 2.01. The number of quaternary nitrogens is 1. The summed E-state index contributed by atoms with van der Waals surface area (Å²) in [6.07, 6.45) is 0.920. The normalized spacial score (nSPS) is 14.4. The van der Waals surface area contributed by atoms with Crippen molar-refractivity contribution in [2.45, 2.75) is 13.3 Å². The number of nitrogens with one attached hydrogen (secondary N) is 2. The number of carbonyl (C=O) groups is 1. The summed E-state index contributed by atoms with van der Waals surface area (Å²) in [6, 6.07) is 12.8. The molecule has 1 fully saturated rings. The van der Waals surface area contributed by atoms with Gasteiger partial charge in [0.25, 0.3) is 5.69 Å². The molecule has 0 spiro atoms. The second-order valence-electron chi connectivity index (χ2n) is 7.51. The molecular weight excluding hydrogens is 384 g/mol. The van der Waals surface area contributed by atoms with E-state index in [1.807, 2.05) is 12.1 Å². The van der Waals surface area contributed by atoms with Gasteiger partial charge in [-0.15, -0.1) is 0 Å². The molecule has 1 aliphatic rings. The summed E-state index contributed by atoms with van der Waals surface area (Å²) in [6.45, 7) is 7.23. The molecule has 3 rings (SSSR count). The second-order valence-corrected chi connectivity index (χ2v) is 7.51. The maximum atomic E-state index is 11.5. The number of Topliss-reactive ketones (excluding diaryl/α,β-unsaturated/α-hetero) is 1. The molecule has 0 unspecified atom stereocenters. The highest BCUT2D eigenvalue weighted by Crippen LogP contribution is 2.25. The van der Waals surface area contributed by atoms with Crippen molar-refractivity contribution >= 4 is 22.8 Å².